The number of hydrogen-bond acceptors (Lipinski definition) is 3. The Morgan fingerprint density at radius 2 is 1.67 bits per heavy atom. The van der Waals surface area contributed by atoms with E-state index in [1.54, 1.807) is 0 Å². The van der Waals surface area contributed by atoms with Crippen LogP contribution in [0.5, 0.6) is 0 Å². The highest BCUT2D eigenvalue weighted by molar-refractivity contribution is 5.06. The van der Waals surface area contributed by atoms with Crippen molar-refractivity contribution in [3.8, 4) is 0 Å². The van der Waals surface area contributed by atoms with Gasteiger partial charge in [0.25, 0.3) is 0 Å². The normalized spacial score (nSPS) is 41.8. The third-order valence-corrected chi connectivity index (χ3v) is 6.18. The van der Waals surface area contributed by atoms with Gasteiger partial charge in [-0.15, -0.1) is 13.2 Å². The summed E-state index contributed by atoms with van der Waals surface area (Å²) in [5.74, 6) is 3.73. The van der Waals surface area contributed by atoms with Gasteiger partial charge >= 0.3 is 0 Å². The summed E-state index contributed by atoms with van der Waals surface area (Å²) < 4.78 is 11.0. The van der Waals surface area contributed by atoms with Gasteiger partial charge in [-0.25, -0.2) is 0 Å². The van der Waals surface area contributed by atoms with Gasteiger partial charge in [-0.1, -0.05) is 24.3 Å². The van der Waals surface area contributed by atoms with Crippen molar-refractivity contribution >= 4 is 0 Å². The first-order chi connectivity index (χ1) is 11.7. The van der Waals surface area contributed by atoms with Crippen LogP contribution in [-0.2, 0) is 9.47 Å². The van der Waals surface area contributed by atoms with Gasteiger partial charge in [-0.2, -0.15) is 0 Å². The van der Waals surface area contributed by atoms with E-state index in [2.05, 4.69) is 37.5 Å². The smallest absolute Gasteiger partial charge is 0.104 e. The predicted octanol–water partition coefficient (Wildman–Crippen LogP) is 3.57. The molecule has 24 heavy (non-hydrogen) atoms. The van der Waals surface area contributed by atoms with E-state index in [9.17, 15) is 0 Å². The summed E-state index contributed by atoms with van der Waals surface area (Å²) in [4.78, 5) is 0. The maximum absolute atomic E-state index is 5.97. The molecule has 0 spiro atoms. The van der Waals surface area contributed by atoms with E-state index < -0.39 is 0 Å². The number of hydrogen-bond donors (Lipinski definition) is 1. The molecule has 3 rings (SSSR count). The molecule has 0 aromatic carbocycles. The van der Waals surface area contributed by atoms with Crippen LogP contribution in [-0.4, -0.2) is 32.5 Å². The molecule has 0 aromatic rings. The Morgan fingerprint density at radius 1 is 0.917 bits per heavy atom. The van der Waals surface area contributed by atoms with Gasteiger partial charge in [0.05, 0.1) is 19.8 Å². The van der Waals surface area contributed by atoms with Gasteiger partial charge in [-0.3, -0.25) is 0 Å². The van der Waals surface area contributed by atoms with Crippen LogP contribution < -0.4 is 5.73 Å². The average Bonchev–Trinajstić information content (AvgIpc) is 3.20. The van der Waals surface area contributed by atoms with Gasteiger partial charge in [0.2, 0.25) is 0 Å². The van der Waals surface area contributed by atoms with E-state index in [1.807, 2.05) is 0 Å². The van der Waals surface area contributed by atoms with E-state index in [0.29, 0.717) is 41.6 Å². The Hall–Kier alpha value is -0.900. The summed E-state index contributed by atoms with van der Waals surface area (Å²) in [5, 5.41) is 0. The summed E-state index contributed by atoms with van der Waals surface area (Å²) >= 11 is 0. The summed E-state index contributed by atoms with van der Waals surface area (Å²) in [6, 6.07) is 0. The van der Waals surface area contributed by atoms with Crippen LogP contribution in [0.15, 0.2) is 37.5 Å². The fraction of sp³-hybridized carbons (Fsp3) is 0.714. The van der Waals surface area contributed by atoms with Crippen LogP contribution in [0.1, 0.15) is 25.7 Å². The Balaban J connectivity index is 1.49. The first kappa shape index (κ1) is 17.9. The molecule has 134 valence electrons. The molecular formula is C21H33NO2. The van der Waals surface area contributed by atoms with Crippen LogP contribution >= 0.6 is 0 Å². The topological polar surface area (TPSA) is 47.8 Å². The minimum absolute atomic E-state index is 0.359. The molecule has 3 nitrogen and oxygen atoms in total. The minimum Gasteiger partial charge on any atom is -0.378 e. The first-order valence-electron chi connectivity index (χ1n) is 9.56. The second-order valence-electron chi connectivity index (χ2n) is 7.90. The van der Waals surface area contributed by atoms with Crippen molar-refractivity contribution in [2.45, 2.75) is 31.8 Å². The maximum atomic E-state index is 5.97. The highest BCUT2D eigenvalue weighted by Gasteiger charge is 2.33. The van der Waals surface area contributed by atoms with Gasteiger partial charge in [0, 0.05) is 0 Å². The fourth-order valence-electron chi connectivity index (χ4n) is 4.56. The van der Waals surface area contributed by atoms with E-state index in [0.717, 1.165) is 26.4 Å². The van der Waals surface area contributed by atoms with Gasteiger partial charge in [0.15, 0.2) is 0 Å². The van der Waals surface area contributed by atoms with Gasteiger partial charge in [-0.05, 0) is 67.7 Å². The number of nitrogens with two attached hydrogens (primary N) is 1. The van der Waals surface area contributed by atoms with Crippen LogP contribution in [0.4, 0.5) is 0 Å². The van der Waals surface area contributed by atoms with Crippen LogP contribution in [0.25, 0.3) is 0 Å². The lowest BCUT2D eigenvalue weighted by Gasteiger charge is -2.15. The van der Waals surface area contributed by atoms with Crippen molar-refractivity contribution in [1.29, 1.82) is 0 Å². The Morgan fingerprint density at radius 3 is 2.33 bits per heavy atom. The molecule has 1 saturated heterocycles. The van der Waals surface area contributed by atoms with E-state index in [4.69, 9.17) is 15.2 Å². The monoisotopic (exact) mass is 331 g/mol. The molecule has 3 fully saturated rings. The molecule has 0 bridgehead atoms. The van der Waals surface area contributed by atoms with Gasteiger partial charge < -0.3 is 15.2 Å². The second kappa shape index (κ2) is 8.46. The molecule has 7 atom stereocenters. The summed E-state index contributed by atoms with van der Waals surface area (Å²) in [6.45, 7) is 11.3. The molecule has 2 N–H and O–H groups in total. The van der Waals surface area contributed by atoms with Crippen molar-refractivity contribution in [2.75, 3.05) is 26.4 Å². The van der Waals surface area contributed by atoms with Crippen LogP contribution in [0.2, 0.25) is 0 Å². The second-order valence-corrected chi connectivity index (χ2v) is 7.90. The Bertz CT molecular complexity index is 457. The molecule has 3 aliphatic rings. The zero-order valence-corrected chi connectivity index (χ0v) is 14.8. The van der Waals surface area contributed by atoms with E-state index in [1.165, 1.54) is 25.7 Å². The molecule has 2 saturated carbocycles. The fourth-order valence-corrected chi connectivity index (χ4v) is 4.56. The Kier molecular flexibility index (Phi) is 6.31. The molecule has 0 amide bonds. The highest BCUT2D eigenvalue weighted by Crippen LogP contribution is 2.41. The highest BCUT2D eigenvalue weighted by atomic mass is 16.6. The standard InChI is InChI=1S/C21H33NO2/c1-3-15-7-18(19(8-15)11-22)6-5-16-9-17(4-2)20(10-16)12-23-13-21-14-24-21/h3-6,15-21H,1-2,7-14,22H2. The molecule has 0 radical (unpaired) electrons. The Labute approximate surface area is 147 Å². The summed E-state index contributed by atoms with van der Waals surface area (Å²) in [6.07, 6.45) is 14.3. The quantitative estimate of drug-likeness (QED) is 0.519. The third kappa shape index (κ3) is 4.59. The van der Waals surface area contributed by atoms with Crippen LogP contribution in [0, 0.1) is 35.5 Å². The maximum Gasteiger partial charge on any atom is 0.104 e. The lowest BCUT2D eigenvalue weighted by molar-refractivity contribution is 0.0794. The molecule has 2 aliphatic carbocycles. The van der Waals surface area contributed by atoms with Crippen LogP contribution in [0.3, 0.4) is 0 Å². The van der Waals surface area contributed by atoms with E-state index in [-0.39, 0.29) is 0 Å². The molecule has 1 heterocycles. The molecule has 7 unspecified atom stereocenters. The molecule has 0 aromatic heterocycles. The van der Waals surface area contributed by atoms with Crippen molar-refractivity contribution in [3.63, 3.8) is 0 Å². The SMILES string of the molecule is C=CC1CC(C=CC2CC(C=C)C(COCC3CO3)C2)C(CN)C1. The summed E-state index contributed by atoms with van der Waals surface area (Å²) in [7, 11) is 0. The largest absolute Gasteiger partial charge is 0.378 e. The lowest BCUT2D eigenvalue weighted by Crippen LogP contribution is -2.17. The van der Waals surface area contributed by atoms with E-state index >= 15 is 0 Å². The molecular weight excluding hydrogens is 298 g/mol. The van der Waals surface area contributed by atoms with Crippen molar-refractivity contribution in [2.24, 2.45) is 41.2 Å². The first-order valence-corrected chi connectivity index (χ1v) is 9.56. The number of rotatable bonds is 9. The van der Waals surface area contributed by atoms with Crippen molar-refractivity contribution in [3.05, 3.63) is 37.5 Å². The minimum atomic E-state index is 0.359. The number of allylic oxidation sites excluding steroid dienone is 4. The number of epoxide rings is 1. The predicted molar refractivity (Wildman–Crippen MR) is 98.6 cm³/mol. The zero-order valence-electron chi connectivity index (χ0n) is 14.8. The summed E-state index contributed by atoms with van der Waals surface area (Å²) in [5.41, 5.74) is 5.97. The van der Waals surface area contributed by atoms with Crippen molar-refractivity contribution in [1.82, 2.24) is 0 Å². The molecule has 1 aliphatic heterocycles. The van der Waals surface area contributed by atoms with Gasteiger partial charge in [0.1, 0.15) is 6.10 Å². The van der Waals surface area contributed by atoms with Crippen molar-refractivity contribution < 1.29 is 9.47 Å². The lowest BCUT2D eigenvalue weighted by atomic mass is 9.93. The zero-order chi connectivity index (χ0) is 16.9. The average molecular weight is 332 g/mol. The third-order valence-electron chi connectivity index (χ3n) is 6.18. The number of ether oxygens (including phenoxy) is 2. The molecule has 3 heteroatoms.